The smallest absolute Gasteiger partial charge is 0.0266 e. The number of nitrogens with one attached hydrogen (secondary N) is 1. The Morgan fingerprint density at radius 2 is 1.55 bits per heavy atom. The van der Waals surface area contributed by atoms with Gasteiger partial charge in [-0.3, -0.25) is 11.3 Å². The quantitative estimate of drug-likeness (QED) is 0.476. The molecule has 0 saturated heterocycles. The van der Waals surface area contributed by atoms with Gasteiger partial charge in [-0.15, -0.1) is 0 Å². The highest BCUT2D eigenvalue weighted by atomic mass is 15.2. The van der Waals surface area contributed by atoms with Crippen molar-refractivity contribution in [2.45, 2.75) is 44.6 Å². The summed E-state index contributed by atoms with van der Waals surface area (Å²) >= 11 is 0. The first-order valence-electron chi connectivity index (χ1n) is 4.88. The van der Waals surface area contributed by atoms with E-state index in [4.69, 9.17) is 5.84 Å². The zero-order chi connectivity index (χ0) is 7.68. The summed E-state index contributed by atoms with van der Waals surface area (Å²) in [7, 11) is 0. The third kappa shape index (κ3) is 1.57. The Morgan fingerprint density at radius 1 is 1.00 bits per heavy atom. The molecule has 0 radical (unpaired) electrons. The summed E-state index contributed by atoms with van der Waals surface area (Å²) < 4.78 is 0. The molecule has 0 spiro atoms. The Kier molecular flexibility index (Phi) is 2.14. The molecular weight excluding hydrogens is 136 g/mol. The van der Waals surface area contributed by atoms with Crippen LogP contribution in [-0.4, -0.2) is 6.04 Å². The standard InChI is InChI=1S/C9H18N2/c10-11-9(8-5-6-8)7-3-1-2-4-7/h7-9,11H,1-6,10H2. The molecule has 0 aromatic heterocycles. The molecule has 2 aliphatic rings. The number of hydrogen-bond acceptors (Lipinski definition) is 2. The molecule has 1 unspecified atom stereocenters. The van der Waals surface area contributed by atoms with Gasteiger partial charge in [-0.2, -0.15) is 0 Å². The minimum Gasteiger partial charge on any atom is -0.271 e. The summed E-state index contributed by atoms with van der Waals surface area (Å²) in [6, 6.07) is 0.650. The van der Waals surface area contributed by atoms with E-state index in [2.05, 4.69) is 5.43 Å². The second-order valence-corrected chi connectivity index (χ2v) is 4.07. The maximum atomic E-state index is 5.54. The van der Waals surface area contributed by atoms with Crippen molar-refractivity contribution >= 4 is 0 Å². The van der Waals surface area contributed by atoms with Crippen molar-refractivity contribution in [3.05, 3.63) is 0 Å². The molecule has 3 N–H and O–H groups in total. The molecule has 11 heavy (non-hydrogen) atoms. The SMILES string of the molecule is NNC(C1CCCC1)C1CC1. The van der Waals surface area contributed by atoms with E-state index in [1.807, 2.05) is 0 Å². The molecule has 2 rings (SSSR count). The molecule has 2 saturated carbocycles. The van der Waals surface area contributed by atoms with Crippen LogP contribution in [0.4, 0.5) is 0 Å². The summed E-state index contributed by atoms with van der Waals surface area (Å²) in [6.07, 6.45) is 8.48. The topological polar surface area (TPSA) is 38.0 Å². The predicted octanol–water partition coefficient (Wildman–Crippen LogP) is 1.42. The molecule has 2 heteroatoms. The lowest BCUT2D eigenvalue weighted by Crippen LogP contribution is -2.41. The fraction of sp³-hybridized carbons (Fsp3) is 1.00. The molecular formula is C9H18N2. The third-order valence-corrected chi connectivity index (χ3v) is 3.23. The van der Waals surface area contributed by atoms with Crippen LogP contribution in [0.15, 0.2) is 0 Å². The molecule has 2 nitrogen and oxygen atoms in total. The first-order chi connectivity index (χ1) is 5.42. The Morgan fingerprint density at radius 3 is 2.00 bits per heavy atom. The van der Waals surface area contributed by atoms with Crippen LogP contribution in [0, 0.1) is 11.8 Å². The van der Waals surface area contributed by atoms with E-state index < -0.39 is 0 Å². The van der Waals surface area contributed by atoms with Crippen molar-refractivity contribution in [1.82, 2.24) is 5.43 Å². The van der Waals surface area contributed by atoms with E-state index in [9.17, 15) is 0 Å². The molecule has 0 aromatic carbocycles. The second-order valence-electron chi connectivity index (χ2n) is 4.07. The molecule has 0 aromatic rings. The fourth-order valence-electron chi connectivity index (χ4n) is 2.43. The van der Waals surface area contributed by atoms with Crippen LogP contribution in [0.1, 0.15) is 38.5 Å². The van der Waals surface area contributed by atoms with Crippen molar-refractivity contribution in [2.24, 2.45) is 17.7 Å². The minimum absolute atomic E-state index is 0.650. The summed E-state index contributed by atoms with van der Waals surface area (Å²) in [6.45, 7) is 0. The van der Waals surface area contributed by atoms with E-state index in [0.29, 0.717) is 6.04 Å². The van der Waals surface area contributed by atoms with Crippen LogP contribution in [0.5, 0.6) is 0 Å². The highest BCUT2D eigenvalue weighted by molar-refractivity contribution is 4.91. The zero-order valence-corrected chi connectivity index (χ0v) is 7.05. The first-order valence-corrected chi connectivity index (χ1v) is 4.88. The van der Waals surface area contributed by atoms with Gasteiger partial charge in [-0.05, 0) is 37.5 Å². The summed E-state index contributed by atoms with van der Waals surface area (Å²) in [5, 5.41) is 0. The van der Waals surface area contributed by atoms with Crippen molar-refractivity contribution in [3.63, 3.8) is 0 Å². The maximum Gasteiger partial charge on any atom is 0.0266 e. The number of rotatable bonds is 3. The number of hydrogen-bond donors (Lipinski definition) is 2. The van der Waals surface area contributed by atoms with Gasteiger partial charge in [0.05, 0.1) is 0 Å². The molecule has 0 amide bonds. The third-order valence-electron chi connectivity index (χ3n) is 3.23. The van der Waals surface area contributed by atoms with E-state index in [-0.39, 0.29) is 0 Å². The predicted molar refractivity (Wildman–Crippen MR) is 45.8 cm³/mol. The largest absolute Gasteiger partial charge is 0.271 e. The molecule has 0 heterocycles. The van der Waals surface area contributed by atoms with Crippen molar-refractivity contribution in [3.8, 4) is 0 Å². The van der Waals surface area contributed by atoms with Gasteiger partial charge in [-0.25, -0.2) is 0 Å². The lowest BCUT2D eigenvalue weighted by Gasteiger charge is -2.21. The van der Waals surface area contributed by atoms with Crippen molar-refractivity contribution < 1.29 is 0 Å². The summed E-state index contributed by atoms with van der Waals surface area (Å²) in [5.41, 5.74) is 3.01. The van der Waals surface area contributed by atoms with Gasteiger partial charge in [0.1, 0.15) is 0 Å². The first kappa shape index (κ1) is 7.56. The minimum atomic E-state index is 0.650. The summed E-state index contributed by atoms with van der Waals surface area (Å²) in [5.74, 6) is 7.36. The van der Waals surface area contributed by atoms with Gasteiger partial charge in [0.2, 0.25) is 0 Å². The van der Waals surface area contributed by atoms with Gasteiger partial charge in [0.15, 0.2) is 0 Å². The van der Waals surface area contributed by atoms with E-state index in [0.717, 1.165) is 11.8 Å². The van der Waals surface area contributed by atoms with Gasteiger partial charge in [0, 0.05) is 6.04 Å². The normalized spacial score (nSPS) is 29.2. The molecule has 2 fully saturated rings. The highest BCUT2D eigenvalue weighted by Crippen LogP contribution is 2.40. The number of nitrogens with two attached hydrogens (primary N) is 1. The average molecular weight is 154 g/mol. The van der Waals surface area contributed by atoms with Gasteiger partial charge < -0.3 is 0 Å². The molecule has 0 bridgehead atoms. The Balaban J connectivity index is 1.87. The van der Waals surface area contributed by atoms with Gasteiger partial charge >= 0.3 is 0 Å². The van der Waals surface area contributed by atoms with E-state index in [1.165, 1.54) is 38.5 Å². The Bertz CT molecular complexity index is 126. The molecule has 0 aliphatic heterocycles. The Hall–Kier alpha value is -0.0800. The molecule has 64 valence electrons. The summed E-state index contributed by atoms with van der Waals surface area (Å²) in [4.78, 5) is 0. The van der Waals surface area contributed by atoms with Crippen LogP contribution >= 0.6 is 0 Å². The fourth-order valence-corrected chi connectivity index (χ4v) is 2.43. The monoisotopic (exact) mass is 154 g/mol. The van der Waals surface area contributed by atoms with Crippen LogP contribution < -0.4 is 11.3 Å². The molecule has 2 aliphatic carbocycles. The number of hydrazine groups is 1. The van der Waals surface area contributed by atoms with Crippen LogP contribution in [0.25, 0.3) is 0 Å². The van der Waals surface area contributed by atoms with Crippen LogP contribution in [0.3, 0.4) is 0 Å². The van der Waals surface area contributed by atoms with E-state index >= 15 is 0 Å². The second kappa shape index (κ2) is 3.11. The lowest BCUT2D eigenvalue weighted by molar-refractivity contribution is 0.329. The average Bonchev–Trinajstić information content (AvgIpc) is 2.68. The van der Waals surface area contributed by atoms with Crippen LogP contribution in [-0.2, 0) is 0 Å². The van der Waals surface area contributed by atoms with Crippen molar-refractivity contribution in [2.75, 3.05) is 0 Å². The lowest BCUT2D eigenvalue weighted by atomic mass is 9.95. The Labute approximate surface area is 68.5 Å². The van der Waals surface area contributed by atoms with E-state index in [1.54, 1.807) is 0 Å². The highest BCUT2D eigenvalue weighted by Gasteiger charge is 2.36. The van der Waals surface area contributed by atoms with Crippen LogP contribution in [0.2, 0.25) is 0 Å². The zero-order valence-electron chi connectivity index (χ0n) is 7.05. The van der Waals surface area contributed by atoms with Crippen molar-refractivity contribution in [1.29, 1.82) is 0 Å². The maximum absolute atomic E-state index is 5.54. The van der Waals surface area contributed by atoms with Gasteiger partial charge in [-0.1, -0.05) is 12.8 Å². The van der Waals surface area contributed by atoms with Gasteiger partial charge in [0.25, 0.3) is 0 Å². The molecule has 1 atom stereocenters.